The van der Waals surface area contributed by atoms with Gasteiger partial charge >= 0.3 is 5.97 Å². The number of hydrogen-bond donors (Lipinski definition) is 1. The number of nitrogens with two attached hydrogens (primary N) is 1. The Morgan fingerprint density at radius 1 is 1.38 bits per heavy atom. The van der Waals surface area contributed by atoms with E-state index in [1.807, 2.05) is 0 Å². The van der Waals surface area contributed by atoms with Gasteiger partial charge in [-0.3, -0.25) is 9.42 Å². The highest BCUT2D eigenvalue weighted by Crippen LogP contribution is 2.28. The lowest BCUT2D eigenvalue weighted by atomic mass is 10.0. The minimum Gasteiger partial charge on any atom is -0.497 e. The lowest BCUT2D eigenvalue weighted by Gasteiger charge is -2.06. The van der Waals surface area contributed by atoms with E-state index in [9.17, 15) is 14.8 Å². The normalized spacial score (nSPS) is 10.2. The first-order chi connectivity index (χ1) is 9.99. The summed E-state index contributed by atoms with van der Waals surface area (Å²) in [5.74, 6) is -1.34. The second kappa shape index (κ2) is 5.49. The Morgan fingerprint density at radius 2 is 2.10 bits per heavy atom. The number of hydrogen-bond acceptors (Lipinski definition) is 7. The largest absolute Gasteiger partial charge is 0.497 e. The quantitative estimate of drug-likeness (QED) is 0.613. The summed E-state index contributed by atoms with van der Waals surface area (Å²) in [6.07, 6.45) is 0. The molecule has 0 atom stereocenters. The number of benzene rings is 1. The number of methoxy groups -OCH3 is 2. The van der Waals surface area contributed by atoms with Gasteiger partial charge in [-0.15, -0.1) is 0 Å². The fourth-order valence-corrected chi connectivity index (χ4v) is 1.77. The summed E-state index contributed by atoms with van der Waals surface area (Å²) in [7, 11) is 2.62. The zero-order chi connectivity index (χ0) is 15.6. The number of primary amides is 1. The van der Waals surface area contributed by atoms with Crippen molar-refractivity contribution in [2.24, 2.45) is 5.73 Å². The molecule has 0 radical (unpaired) electrons. The van der Waals surface area contributed by atoms with Gasteiger partial charge in [-0.2, -0.15) is 0 Å². The fraction of sp³-hybridized carbons (Fsp3) is 0.167. The lowest BCUT2D eigenvalue weighted by molar-refractivity contribution is -0.803. The summed E-state index contributed by atoms with van der Waals surface area (Å²) in [6.45, 7) is 0. The van der Waals surface area contributed by atoms with Crippen molar-refractivity contribution in [1.82, 2.24) is 5.16 Å². The molecule has 0 spiro atoms. The van der Waals surface area contributed by atoms with Gasteiger partial charge in [-0.1, -0.05) is 0 Å². The Morgan fingerprint density at radius 3 is 2.67 bits per heavy atom. The number of ether oxygens (including phenoxy) is 2. The molecule has 2 aromatic rings. The maximum Gasteiger partial charge on any atom is 0.338 e. The smallest absolute Gasteiger partial charge is 0.338 e. The Labute approximate surface area is 118 Å². The van der Waals surface area contributed by atoms with Crippen LogP contribution in [0.3, 0.4) is 0 Å². The molecule has 0 fully saturated rings. The molecule has 1 aromatic heterocycles. The molecule has 1 heterocycles. The van der Waals surface area contributed by atoms with Crippen molar-refractivity contribution in [3.63, 3.8) is 0 Å². The van der Waals surface area contributed by atoms with Crippen molar-refractivity contribution in [3.8, 4) is 17.0 Å². The second-order valence-electron chi connectivity index (χ2n) is 3.89. The van der Waals surface area contributed by atoms with Crippen molar-refractivity contribution >= 4 is 11.9 Å². The van der Waals surface area contributed by atoms with E-state index in [2.05, 4.69) is 14.5 Å². The molecule has 0 aliphatic rings. The zero-order valence-electron chi connectivity index (χ0n) is 11.2. The molecule has 1 aromatic carbocycles. The van der Waals surface area contributed by atoms with Crippen molar-refractivity contribution in [2.75, 3.05) is 14.2 Å². The van der Waals surface area contributed by atoms with Crippen molar-refractivity contribution in [2.45, 2.75) is 0 Å². The molecule has 0 aliphatic heterocycles. The first kappa shape index (κ1) is 14.3. The van der Waals surface area contributed by atoms with Crippen LogP contribution in [0.25, 0.3) is 11.3 Å². The minimum atomic E-state index is -1.04. The molecule has 1 amide bonds. The molecule has 0 saturated heterocycles. The van der Waals surface area contributed by atoms with E-state index in [4.69, 9.17) is 10.5 Å². The summed E-state index contributed by atoms with van der Waals surface area (Å²) in [5.41, 5.74) is 4.64. The number of carbonyl (C=O) groups is 2. The van der Waals surface area contributed by atoms with Gasteiger partial charge in [0.25, 0.3) is 17.3 Å². The van der Waals surface area contributed by atoms with Gasteiger partial charge in [0.2, 0.25) is 0 Å². The third-order valence-electron chi connectivity index (χ3n) is 2.73. The van der Waals surface area contributed by atoms with Gasteiger partial charge in [0, 0.05) is 5.16 Å². The molecule has 0 unspecified atom stereocenters. The van der Waals surface area contributed by atoms with E-state index in [1.165, 1.54) is 32.4 Å². The van der Waals surface area contributed by atoms with Gasteiger partial charge in [-0.05, 0) is 23.1 Å². The predicted octanol–water partition coefficient (Wildman–Crippen LogP) is -0.131. The predicted molar refractivity (Wildman–Crippen MR) is 67.3 cm³/mol. The molecule has 110 valence electrons. The van der Waals surface area contributed by atoms with Crippen LogP contribution in [0.1, 0.15) is 20.8 Å². The molecule has 2 rings (SSSR count). The number of esters is 1. The summed E-state index contributed by atoms with van der Waals surface area (Å²) >= 11 is 0. The van der Waals surface area contributed by atoms with Crippen LogP contribution in [-0.4, -0.2) is 31.3 Å². The average Bonchev–Trinajstić information content (AvgIpc) is 2.87. The third kappa shape index (κ3) is 2.48. The first-order valence-corrected chi connectivity index (χ1v) is 5.65. The fourth-order valence-electron chi connectivity index (χ4n) is 1.77. The summed E-state index contributed by atoms with van der Waals surface area (Å²) in [6, 6.07) is 4.34. The maximum atomic E-state index is 11.8. The van der Waals surface area contributed by atoms with Crippen LogP contribution in [0.15, 0.2) is 22.8 Å². The van der Waals surface area contributed by atoms with Crippen LogP contribution >= 0.6 is 0 Å². The average molecular weight is 293 g/mol. The highest BCUT2D eigenvalue weighted by atomic mass is 16.8. The Balaban J connectivity index is 2.72. The van der Waals surface area contributed by atoms with Gasteiger partial charge in [-0.25, -0.2) is 4.79 Å². The van der Waals surface area contributed by atoms with Crippen molar-refractivity contribution in [3.05, 3.63) is 34.7 Å². The lowest BCUT2D eigenvalue weighted by Crippen LogP contribution is -2.34. The number of rotatable bonds is 4. The van der Waals surface area contributed by atoms with E-state index in [0.717, 1.165) is 0 Å². The summed E-state index contributed by atoms with van der Waals surface area (Å²) in [4.78, 5) is 23.0. The van der Waals surface area contributed by atoms with E-state index >= 15 is 0 Å². The Kier molecular flexibility index (Phi) is 3.74. The molecule has 0 saturated carbocycles. The number of carbonyl (C=O) groups excluding carboxylic acids is 2. The molecule has 0 bridgehead atoms. The van der Waals surface area contributed by atoms with Crippen LogP contribution in [-0.2, 0) is 4.74 Å². The van der Waals surface area contributed by atoms with Gasteiger partial charge < -0.3 is 20.4 Å². The molecule has 9 heteroatoms. The second-order valence-corrected chi connectivity index (χ2v) is 3.89. The molecule has 0 aliphatic carbocycles. The number of nitrogens with zero attached hydrogens (tertiary/aromatic N) is 2. The maximum absolute atomic E-state index is 11.8. The highest BCUT2D eigenvalue weighted by molar-refractivity contribution is 6.01. The van der Waals surface area contributed by atoms with Crippen molar-refractivity contribution < 1.29 is 28.6 Å². The van der Waals surface area contributed by atoms with Gasteiger partial charge in [0.1, 0.15) is 5.75 Å². The van der Waals surface area contributed by atoms with Crippen LogP contribution < -0.4 is 15.4 Å². The van der Waals surface area contributed by atoms with E-state index in [-0.39, 0.29) is 21.7 Å². The first-order valence-electron chi connectivity index (χ1n) is 5.65. The molecule has 9 nitrogen and oxygen atoms in total. The van der Waals surface area contributed by atoms with Crippen LogP contribution in [0.5, 0.6) is 5.75 Å². The van der Waals surface area contributed by atoms with Gasteiger partial charge in [0.05, 0.1) is 25.3 Å². The minimum absolute atomic E-state index is 0.0784. The summed E-state index contributed by atoms with van der Waals surface area (Å²) < 4.78 is 14.1. The van der Waals surface area contributed by atoms with Crippen molar-refractivity contribution in [1.29, 1.82) is 0 Å². The highest BCUT2D eigenvalue weighted by Gasteiger charge is 2.30. The summed E-state index contributed by atoms with van der Waals surface area (Å²) in [5, 5.41) is 14.9. The van der Waals surface area contributed by atoms with Crippen LogP contribution in [0.2, 0.25) is 0 Å². The van der Waals surface area contributed by atoms with Crippen LogP contribution in [0, 0.1) is 5.21 Å². The molecule has 21 heavy (non-hydrogen) atoms. The third-order valence-corrected chi connectivity index (χ3v) is 2.73. The Hall–Kier alpha value is -3.10. The SMILES string of the molecule is COC(=O)c1ccc(OC)cc1-c1no[n+]([O-])c1C(N)=O. The van der Waals surface area contributed by atoms with E-state index in [0.29, 0.717) is 5.75 Å². The molecule has 2 N–H and O–H groups in total. The monoisotopic (exact) mass is 293 g/mol. The standard InChI is InChI=1S/C12H11N3O6/c1-19-6-3-4-7(12(17)20-2)8(5-6)9-10(11(13)16)15(18)21-14-9/h3-5H,1-2H3,(H2,13,16). The number of aromatic nitrogens is 2. The topological polar surface area (TPSA) is 132 Å². The van der Waals surface area contributed by atoms with E-state index in [1.54, 1.807) is 0 Å². The Bertz CT molecular complexity index is 709. The van der Waals surface area contributed by atoms with Crippen LogP contribution in [0.4, 0.5) is 0 Å². The number of amides is 1. The van der Waals surface area contributed by atoms with E-state index < -0.39 is 17.6 Å². The molecular weight excluding hydrogens is 282 g/mol. The molecular formula is C12H11N3O6. The zero-order valence-corrected chi connectivity index (χ0v) is 11.2. The van der Waals surface area contributed by atoms with Gasteiger partial charge in [0.15, 0.2) is 0 Å².